The Morgan fingerprint density at radius 2 is 2.30 bits per heavy atom. The predicted molar refractivity (Wildman–Crippen MR) is 41.7 cm³/mol. The first-order valence-electron chi connectivity index (χ1n) is 3.06. The van der Waals surface area contributed by atoms with Crippen LogP contribution in [0, 0.1) is 5.82 Å². The molecule has 1 heterocycles. The largest absolute Gasteiger partial charge is 0.304 e. The molecule has 10 heavy (non-hydrogen) atoms. The van der Waals surface area contributed by atoms with Crippen LogP contribution in [0.5, 0.6) is 0 Å². The molecule has 1 aromatic rings. The van der Waals surface area contributed by atoms with Crippen LogP contribution in [0.2, 0.25) is 0 Å². The van der Waals surface area contributed by atoms with E-state index in [2.05, 4.69) is 0 Å². The second kappa shape index (κ2) is 3.12. The predicted octanol–water partition coefficient (Wildman–Crippen LogP) is 1.95. The summed E-state index contributed by atoms with van der Waals surface area (Å²) < 4.78 is 12.4. The Kier molecular flexibility index (Phi) is 2.40. The van der Waals surface area contributed by atoms with Gasteiger partial charge in [-0.2, -0.15) is 0 Å². The summed E-state index contributed by atoms with van der Waals surface area (Å²) in [6, 6.07) is 1.57. The molecule has 0 saturated heterocycles. The van der Waals surface area contributed by atoms with Crippen molar-refractivity contribution < 1.29 is 4.39 Å². The summed E-state index contributed by atoms with van der Waals surface area (Å²) in [5, 5.41) is 1.53. The van der Waals surface area contributed by atoms with Gasteiger partial charge in [0.1, 0.15) is 5.82 Å². The van der Waals surface area contributed by atoms with Gasteiger partial charge in [0.2, 0.25) is 0 Å². The lowest BCUT2D eigenvalue weighted by molar-refractivity contribution is 0.406. The van der Waals surface area contributed by atoms with Gasteiger partial charge >= 0.3 is 0 Å². The molecule has 56 valence electrons. The molecule has 0 aliphatic carbocycles. The van der Waals surface area contributed by atoms with E-state index in [0.29, 0.717) is 0 Å². The second-order valence-corrected chi connectivity index (χ2v) is 3.46. The third-order valence-corrected chi connectivity index (χ3v) is 1.99. The molecule has 0 N–H and O–H groups in total. The lowest BCUT2D eigenvalue weighted by atomic mass is 10.4. The molecular formula is C7H10FNS. The molecule has 0 radical (unpaired) electrons. The third-order valence-electron chi connectivity index (χ3n) is 1.09. The first-order chi connectivity index (χ1) is 4.68. The zero-order valence-corrected chi connectivity index (χ0v) is 6.91. The van der Waals surface area contributed by atoms with Gasteiger partial charge in [-0.25, -0.2) is 4.39 Å². The molecule has 0 spiro atoms. The molecule has 1 nitrogen and oxygen atoms in total. The number of hydrogen-bond acceptors (Lipinski definition) is 2. The highest BCUT2D eigenvalue weighted by atomic mass is 32.1. The summed E-state index contributed by atoms with van der Waals surface area (Å²) in [6.45, 7) is 0.828. The number of hydrogen-bond donors (Lipinski definition) is 0. The molecule has 0 amide bonds. The van der Waals surface area contributed by atoms with Crippen LogP contribution in [0.4, 0.5) is 4.39 Å². The molecule has 3 heteroatoms. The highest BCUT2D eigenvalue weighted by Gasteiger charge is 1.98. The first kappa shape index (κ1) is 7.69. The van der Waals surface area contributed by atoms with Crippen molar-refractivity contribution in [3.63, 3.8) is 0 Å². The van der Waals surface area contributed by atoms with Crippen LogP contribution in [-0.2, 0) is 6.54 Å². The second-order valence-electron chi connectivity index (χ2n) is 2.47. The molecule has 0 atom stereocenters. The van der Waals surface area contributed by atoms with Gasteiger partial charge in [-0.15, -0.1) is 11.3 Å². The Hall–Kier alpha value is -0.410. The van der Waals surface area contributed by atoms with E-state index in [1.54, 1.807) is 6.07 Å². The maximum Gasteiger partial charge on any atom is 0.134 e. The molecular weight excluding hydrogens is 149 g/mol. The van der Waals surface area contributed by atoms with Crippen LogP contribution in [-0.4, -0.2) is 19.0 Å². The monoisotopic (exact) mass is 159 g/mol. The number of nitrogens with zero attached hydrogens (tertiary/aromatic N) is 1. The number of rotatable bonds is 2. The van der Waals surface area contributed by atoms with E-state index >= 15 is 0 Å². The Labute approximate surface area is 64.1 Å². The molecule has 1 aromatic heterocycles. The van der Waals surface area contributed by atoms with Crippen molar-refractivity contribution in [2.24, 2.45) is 0 Å². The van der Waals surface area contributed by atoms with Gasteiger partial charge in [-0.3, -0.25) is 0 Å². The topological polar surface area (TPSA) is 3.24 Å². The first-order valence-corrected chi connectivity index (χ1v) is 3.94. The lowest BCUT2D eigenvalue weighted by Gasteiger charge is -2.05. The average molecular weight is 159 g/mol. The Balaban J connectivity index is 2.58. The summed E-state index contributed by atoms with van der Waals surface area (Å²) in [4.78, 5) is 3.09. The minimum atomic E-state index is -0.123. The maximum absolute atomic E-state index is 12.4. The minimum Gasteiger partial charge on any atom is -0.304 e. The number of thiophene rings is 1. The van der Waals surface area contributed by atoms with E-state index in [-0.39, 0.29) is 5.82 Å². The highest BCUT2D eigenvalue weighted by Crippen LogP contribution is 2.13. The van der Waals surface area contributed by atoms with Crippen molar-refractivity contribution in [3.05, 3.63) is 22.1 Å². The fourth-order valence-electron chi connectivity index (χ4n) is 0.748. The Morgan fingerprint density at radius 1 is 1.60 bits per heavy atom. The van der Waals surface area contributed by atoms with E-state index in [1.807, 2.05) is 19.0 Å². The Bertz CT molecular complexity index is 207. The van der Waals surface area contributed by atoms with Crippen molar-refractivity contribution in [1.82, 2.24) is 4.90 Å². The van der Waals surface area contributed by atoms with E-state index in [0.717, 1.165) is 11.4 Å². The molecule has 0 bridgehead atoms. The molecule has 0 fully saturated rings. The average Bonchev–Trinajstić information content (AvgIpc) is 2.13. The van der Waals surface area contributed by atoms with E-state index < -0.39 is 0 Å². The zero-order valence-electron chi connectivity index (χ0n) is 6.10. The summed E-state index contributed by atoms with van der Waals surface area (Å²) in [5.74, 6) is -0.123. The van der Waals surface area contributed by atoms with Crippen molar-refractivity contribution in [3.8, 4) is 0 Å². The van der Waals surface area contributed by atoms with Crippen LogP contribution in [0.3, 0.4) is 0 Å². The van der Waals surface area contributed by atoms with Gasteiger partial charge in [-0.05, 0) is 20.2 Å². The van der Waals surface area contributed by atoms with E-state index in [1.165, 1.54) is 16.7 Å². The van der Waals surface area contributed by atoms with E-state index in [4.69, 9.17) is 0 Å². The standard InChI is InChI=1S/C7H10FNS/c1-9(2)4-7-3-6(8)5-10-7/h3,5H,4H2,1-2H3. The molecule has 0 saturated carbocycles. The quantitative estimate of drug-likeness (QED) is 0.637. The maximum atomic E-state index is 12.4. The Morgan fingerprint density at radius 3 is 2.70 bits per heavy atom. The summed E-state index contributed by atoms with van der Waals surface area (Å²) >= 11 is 1.46. The number of halogens is 1. The van der Waals surface area contributed by atoms with Gasteiger partial charge < -0.3 is 4.90 Å². The van der Waals surface area contributed by atoms with Gasteiger partial charge in [0.15, 0.2) is 0 Å². The summed E-state index contributed by atoms with van der Waals surface area (Å²) in [6.07, 6.45) is 0. The minimum absolute atomic E-state index is 0.123. The fraction of sp³-hybridized carbons (Fsp3) is 0.429. The van der Waals surface area contributed by atoms with Crippen LogP contribution in [0.15, 0.2) is 11.4 Å². The SMILES string of the molecule is CN(C)Cc1cc(F)cs1. The molecule has 0 aliphatic heterocycles. The highest BCUT2D eigenvalue weighted by molar-refractivity contribution is 7.09. The van der Waals surface area contributed by atoms with Gasteiger partial charge in [0, 0.05) is 16.8 Å². The van der Waals surface area contributed by atoms with Crippen molar-refractivity contribution in [2.45, 2.75) is 6.54 Å². The van der Waals surface area contributed by atoms with Crippen molar-refractivity contribution in [2.75, 3.05) is 14.1 Å². The normalized spacial score (nSPS) is 10.8. The zero-order chi connectivity index (χ0) is 7.56. The molecule has 0 aromatic carbocycles. The van der Waals surface area contributed by atoms with Crippen molar-refractivity contribution in [1.29, 1.82) is 0 Å². The summed E-state index contributed by atoms with van der Waals surface area (Å²) in [7, 11) is 3.94. The van der Waals surface area contributed by atoms with Crippen LogP contribution in [0.1, 0.15) is 4.88 Å². The lowest BCUT2D eigenvalue weighted by Crippen LogP contribution is -2.09. The van der Waals surface area contributed by atoms with Gasteiger partial charge in [0.05, 0.1) is 0 Å². The molecule has 0 unspecified atom stereocenters. The fourth-order valence-corrected chi connectivity index (χ4v) is 1.59. The smallest absolute Gasteiger partial charge is 0.134 e. The third kappa shape index (κ3) is 2.08. The van der Waals surface area contributed by atoms with Crippen LogP contribution in [0.25, 0.3) is 0 Å². The summed E-state index contributed by atoms with van der Waals surface area (Å²) in [5.41, 5.74) is 0. The van der Waals surface area contributed by atoms with Gasteiger partial charge in [-0.1, -0.05) is 0 Å². The molecule has 1 rings (SSSR count). The van der Waals surface area contributed by atoms with Gasteiger partial charge in [0.25, 0.3) is 0 Å². The molecule has 0 aliphatic rings. The van der Waals surface area contributed by atoms with Crippen LogP contribution < -0.4 is 0 Å². The van der Waals surface area contributed by atoms with Crippen molar-refractivity contribution >= 4 is 11.3 Å². The van der Waals surface area contributed by atoms with Crippen LogP contribution >= 0.6 is 11.3 Å². The van der Waals surface area contributed by atoms with E-state index in [9.17, 15) is 4.39 Å².